The topological polar surface area (TPSA) is 49.8 Å². The summed E-state index contributed by atoms with van der Waals surface area (Å²) in [5, 5.41) is 9.67. The van der Waals surface area contributed by atoms with E-state index >= 15 is 0 Å². The Morgan fingerprint density at radius 3 is 2.67 bits per heavy atom. The molecule has 1 aliphatic heterocycles. The van der Waals surface area contributed by atoms with Gasteiger partial charge in [0.2, 0.25) is 0 Å². The van der Waals surface area contributed by atoms with Crippen LogP contribution in [0.4, 0.5) is 4.79 Å². The largest absolute Gasteiger partial charge is 0.444 e. The maximum absolute atomic E-state index is 11.6. The van der Waals surface area contributed by atoms with Gasteiger partial charge in [-0.05, 0) is 27.2 Å². The van der Waals surface area contributed by atoms with Crippen molar-refractivity contribution in [2.45, 2.75) is 45.4 Å². The number of hydrogen-bond donors (Lipinski definition) is 1. The second kappa shape index (κ2) is 4.23. The molecule has 4 heteroatoms. The minimum atomic E-state index is -0.791. The van der Waals surface area contributed by atoms with Gasteiger partial charge in [0.1, 0.15) is 11.8 Å². The fraction of sp³-hybridized carbons (Fsp3) is 0.727. The van der Waals surface area contributed by atoms with Crippen LogP contribution in [0.2, 0.25) is 0 Å². The van der Waals surface area contributed by atoms with Crippen molar-refractivity contribution in [3.63, 3.8) is 0 Å². The normalized spacial score (nSPS) is 22.8. The Balaban J connectivity index is 2.56. The number of aliphatic hydroxyl groups is 1. The second-order valence-electron chi connectivity index (χ2n) is 4.86. The minimum absolute atomic E-state index is 0.444. The molecule has 0 radical (unpaired) electrons. The van der Waals surface area contributed by atoms with Crippen molar-refractivity contribution in [2.24, 2.45) is 0 Å². The Hall–Kier alpha value is -1.03. The van der Waals surface area contributed by atoms with Gasteiger partial charge in [0.05, 0.1) is 0 Å². The Labute approximate surface area is 90.5 Å². The van der Waals surface area contributed by atoms with Crippen LogP contribution in [0.1, 0.15) is 33.6 Å². The van der Waals surface area contributed by atoms with Gasteiger partial charge in [0, 0.05) is 13.0 Å². The standard InChI is InChI=1S/C11H19NO3/c1-8-5-6-12(9(13)7-8)10(14)15-11(2,3)4/h9,13H,1,5-7H2,2-4H3. The number of carbonyl (C=O) groups is 1. The average Bonchev–Trinajstić information content (AvgIpc) is 1.99. The van der Waals surface area contributed by atoms with E-state index in [1.165, 1.54) is 4.90 Å². The van der Waals surface area contributed by atoms with E-state index in [4.69, 9.17) is 4.74 Å². The van der Waals surface area contributed by atoms with Gasteiger partial charge < -0.3 is 9.84 Å². The van der Waals surface area contributed by atoms with Crippen molar-refractivity contribution in [3.05, 3.63) is 12.2 Å². The molecule has 0 aromatic rings. The molecule has 0 saturated carbocycles. The number of rotatable bonds is 0. The number of piperidine rings is 1. The fourth-order valence-electron chi connectivity index (χ4n) is 1.43. The third kappa shape index (κ3) is 3.55. The summed E-state index contributed by atoms with van der Waals surface area (Å²) in [6.07, 6.45) is -0.0705. The molecule has 1 N–H and O–H groups in total. The van der Waals surface area contributed by atoms with Crippen molar-refractivity contribution >= 4 is 6.09 Å². The first-order chi connectivity index (χ1) is 6.79. The first-order valence-corrected chi connectivity index (χ1v) is 5.14. The van der Waals surface area contributed by atoms with E-state index in [1.807, 2.05) is 0 Å². The first-order valence-electron chi connectivity index (χ1n) is 5.14. The second-order valence-corrected chi connectivity index (χ2v) is 4.86. The van der Waals surface area contributed by atoms with Crippen LogP contribution in [-0.2, 0) is 4.74 Å². The van der Waals surface area contributed by atoms with Gasteiger partial charge in [0.15, 0.2) is 0 Å². The van der Waals surface area contributed by atoms with Crippen LogP contribution in [0.15, 0.2) is 12.2 Å². The van der Waals surface area contributed by atoms with Gasteiger partial charge in [-0.15, -0.1) is 0 Å². The lowest BCUT2D eigenvalue weighted by molar-refractivity contribution is -0.0363. The van der Waals surface area contributed by atoms with Gasteiger partial charge in [-0.3, -0.25) is 4.90 Å². The van der Waals surface area contributed by atoms with Gasteiger partial charge in [-0.1, -0.05) is 12.2 Å². The van der Waals surface area contributed by atoms with E-state index in [9.17, 15) is 9.90 Å². The maximum atomic E-state index is 11.6. The number of likely N-dealkylation sites (tertiary alicyclic amines) is 1. The van der Waals surface area contributed by atoms with Crippen LogP contribution >= 0.6 is 0 Å². The number of amides is 1. The Morgan fingerprint density at radius 1 is 1.60 bits per heavy atom. The molecule has 0 aromatic carbocycles. The molecule has 1 heterocycles. The monoisotopic (exact) mass is 213 g/mol. The highest BCUT2D eigenvalue weighted by Gasteiger charge is 2.29. The molecule has 1 aliphatic rings. The molecule has 0 spiro atoms. The quantitative estimate of drug-likeness (QED) is 0.625. The van der Waals surface area contributed by atoms with Crippen LogP contribution < -0.4 is 0 Å². The predicted molar refractivity (Wildman–Crippen MR) is 57.3 cm³/mol. The zero-order chi connectivity index (χ0) is 11.6. The summed E-state index contributed by atoms with van der Waals surface area (Å²) in [6.45, 7) is 9.69. The fourth-order valence-corrected chi connectivity index (χ4v) is 1.43. The van der Waals surface area contributed by atoms with E-state index in [-0.39, 0.29) is 0 Å². The molecule has 1 saturated heterocycles. The summed E-state index contributed by atoms with van der Waals surface area (Å²) in [4.78, 5) is 13.0. The van der Waals surface area contributed by atoms with Crippen LogP contribution in [0.25, 0.3) is 0 Å². The third-order valence-corrected chi connectivity index (χ3v) is 2.17. The molecule has 1 atom stereocenters. The highest BCUT2D eigenvalue weighted by Crippen LogP contribution is 2.21. The van der Waals surface area contributed by atoms with Crippen LogP contribution in [-0.4, -0.2) is 34.5 Å². The number of aliphatic hydroxyl groups excluding tert-OH is 1. The SMILES string of the molecule is C=C1CCN(C(=O)OC(C)(C)C)C(O)C1. The van der Waals surface area contributed by atoms with E-state index < -0.39 is 17.9 Å². The van der Waals surface area contributed by atoms with Gasteiger partial charge >= 0.3 is 6.09 Å². The highest BCUT2D eigenvalue weighted by atomic mass is 16.6. The summed E-state index contributed by atoms with van der Waals surface area (Å²) >= 11 is 0. The van der Waals surface area contributed by atoms with Crippen molar-refractivity contribution in [1.29, 1.82) is 0 Å². The van der Waals surface area contributed by atoms with Crippen molar-refractivity contribution in [1.82, 2.24) is 4.90 Å². The zero-order valence-electron chi connectivity index (χ0n) is 9.62. The van der Waals surface area contributed by atoms with E-state index in [0.717, 1.165) is 12.0 Å². The highest BCUT2D eigenvalue weighted by molar-refractivity contribution is 5.68. The summed E-state index contributed by atoms with van der Waals surface area (Å²) in [5.74, 6) is 0. The third-order valence-electron chi connectivity index (χ3n) is 2.17. The average molecular weight is 213 g/mol. The maximum Gasteiger partial charge on any atom is 0.412 e. The molecule has 86 valence electrons. The molecule has 1 fully saturated rings. The lowest BCUT2D eigenvalue weighted by Crippen LogP contribution is -2.46. The first kappa shape index (κ1) is 12.0. The lowest BCUT2D eigenvalue weighted by atomic mass is 10.1. The summed E-state index contributed by atoms with van der Waals surface area (Å²) in [7, 11) is 0. The lowest BCUT2D eigenvalue weighted by Gasteiger charge is -2.34. The molecule has 15 heavy (non-hydrogen) atoms. The Morgan fingerprint density at radius 2 is 2.20 bits per heavy atom. The number of carbonyl (C=O) groups excluding carboxylic acids is 1. The summed E-state index contributed by atoms with van der Waals surface area (Å²) < 4.78 is 5.18. The van der Waals surface area contributed by atoms with Crippen LogP contribution in [0, 0.1) is 0 Å². The van der Waals surface area contributed by atoms with E-state index in [2.05, 4.69) is 6.58 Å². The number of ether oxygens (including phenoxy) is 1. The van der Waals surface area contributed by atoms with Gasteiger partial charge in [-0.25, -0.2) is 4.79 Å². The Bertz CT molecular complexity index is 267. The molecule has 4 nitrogen and oxygen atoms in total. The molecule has 0 aromatic heterocycles. The van der Waals surface area contributed by atoms with E-state index in [1.54, 1.807) is 20.8 Å². The van der Waals surface area contributed by atoms with Crippen LogP contribution in [0.3, 0.4) is 0 Å². The molecule has 1 amide bonds. The van der Waals surface area contributed by atoms with Crippen molar-refractivity contribution < 1.29 is 14.6 Å². The molecule has 0 aliphatic carbocycles. The zero-order valence-corrected chi connectivity index (χ0v) is 9.62. The van der Waals surface area contributed by atoms with Gasteiger partial charge in [-0.2, -0.15) is 0 Å². The Kier molecular flexibility index (Phi) is 3.39. The molecule has 0 bridgehead atoms. The van der Waals surface area contributed by atoms with Gasteiger partial charge in [0.25, 0.3) is 0 Å². The van der Waals surface area contributed by atoms with Crippen molar-refractivity contribution in [3.8, 4) is 0 Å². The molecular weight excluding hydrogens is 194 g/mol. The number of hydrogen-bond acceptors (Lipinski definition) is 3. The predicted octanol–water partition coefficient (Wildman–Crippen LogP) is 1.89. The smallest absolute Gasteiger partial charge is 0.412 e. The van der Waals surface area contributed by atoms with E-state index in [0.29, 0.717) is 13.0 Å². The summed E-state index contributed by atoms with van der Waals surface area (Å²) in [5.41, 5.74) is 0.452. The molecule has 1 rings (SSSR count). The minimum Gasteiger partial charge on any atom is -0.444 e. The summed E-state index contributed by atoms with van der Waals surface area (Å²) in [6, 6.07) is 0. The number of nitrogens with zero attached hydrogens (tertiary/aromatic N) is 1. The molecule has 1 unspecified atom stereocenters. The van der Waals surface area contributed by atoms with Crippen LogP contribution in [0.5, 0.6) is 0 Å². The molecular formula is C11H19NO3. The van der Waals surface area contributed by atoms with Crippen molar-refractivity contribution in [2.75, 3.05) is 6.54 Å².